The number of allylic oxidation sites excluding steroid dienone is 1. The maximum atomic E-state index is 14.1. The van der Waals surface area contributed by atoms with E-state index in [0.29, 0.717) is 53.4 Å². The van der Waals surface area contributed by atoms with Gasteiger partial charge in [-0.25, -0.2) is 4.79 Å². The van der Waals surface area contributed by atoms with Gasteiger partial charge in [0, 0.05) is 50.3 Å². The van der Waals surface area contributed by atoms with Crippen molar-refractivity contribution in [3.8, 4) is 28.7 Å². The Morgan fingerprint density at radius 3 is 2.37 bits per heavy atom. The third-order valence-electron chi connectivity index (χ3n) is 11.4. The molecule has 314 valence electrons. The van der Waals surface area contributed by atoms with Gasteiger partial charge in [0.05, 0.1) is 35.8 Å². The van der Waals surface area contributed by atoms with Gasteiger partial charge < -0.3 is 43.6 Å². The van der Waals surface area contributed by atoms with Crippen LogP contribution < -0.4 is 18.9 Å². The van der Waals surface area contributed by atoms with E-state index in [-0.39, 0.29) is 55.4 Å². The van der Waals surface area contributed by atoms with Gasteiger partial charge in [0.2, 0.25) is 5.79 Å². The number of methoxy groups -OCH3 is 1. The fourth-order valence-electron chi connectivity index (χ4n) is 8.84. The van der Waals surface area contributed by atoms with E-state index in [2.05, 4.69) is 17.8 Å². The van der Waals surface area contributed by atoms with E-state index in [4.69, 9.17) is 28.5 Å². The summed E-state index contributed by atoms with van der Waals surface area (Å²) in [6.45, 7) is 4.11. The number of carbonyl (C=O) groups is 2. The van der Waals surface area contributed by atoms with Crippen molar-refractivity contribution < 1.29 is 53.2 Å². The lowest BCUT2D eigenvalue weighted by atomic mass is 9.55. The quantitative estimate of drug-likeness (QED) is 0.0397. The van der Waals surface area contributed by atoms with E-state index < -0.39 is 28.8 Å². The van der Waals surface area contributed by atoms with Crippen molar-refractivity contribution in [2.45, 2.75) is 62.7 Å². The highest BCUT2D eigenvalue weighted by Gasteiger charge is 2.65. The van der Waals surface area contributed by atoms with Gasteiger partial charge in [0.15, 0.2) is 6.29 Å². The van der Waals surface area contributed by atoms with Crippen LogP contribution in [0.15, 0.2) is 90.1 Å². The third kappa shape index (κ3) is 8.97. The van der Waals surface area contributed by atoms with Crippen molar-refractivity contribution in [3.63, 3.8) is 0 Å². The number of likely N-dealkylation sites (N-methyl/N-ethyl adjacent to an activating group) is 1. The van der Waals surface area contributed by atoms with E-state index in [9.17, 15) is 29.9 Å². The Bertz CT molecular complexity index is 2050. The van der Waals surface area contributed by atoms with Gasteiger partial charge in [-0.3, -0.25) is 14.9 Å². The smallest absolute Gasteiger partial charge is 0.415 e. The largest absolute Gasteiger partial charge is 0.496 e. The molecule has 0 unspecified atom stereocenters. The summed E-state index contributed by atoms with van der Waals surface area (Å²) >= 11 is 0. The van der Waals surface area contributed by atoms with Gasteiger partial charge in [-0.1, -0.05) is 30.1 Å². The minimum Gasteiger partial charge on any atom is -0.496 e. The fourth-order valence-corrected chi connectivity index (χ4v) is 8.84. The zero-order chi connectivity index (χ0) is 42.1. The second-order valence-electron chi connectivity index (χ2n) is 14.8. The number of aldehydes is 1. The topological polar surface area (TPSA) is 189 Å². The molecule has 1 amide bonds. The zero-order valence-electron chi connectivity index (χ0n) is 33.5. The third-order valence-corrected chi connectivity index (χ3v) is 11.4. The molecule has 0 spiro atoms. The van der Waals surface area contributed by atoms with Crippen molar-refractivity contribution in [1.29, 1.82) is 0 Å². The summed E-state index contributed by atoms with van der Waals surface area (Å²) in [4.78, 5) is 43.5. The van der Waals surface area contributed by atoms with Crippen LogP contribution in [-0.2, 0) is 9.57 Å². The number of fused-ring (bicyclic) bond motifs is 2. The molecule has 3 aliphatic rings. The number of nitro groups is 1. The number of aliphatic hydroxyl groups is 2. The van der Waals surface area contributed by atoms with Gasteiger partial charge in [-0.2, -0.15) is 0 Å². The first-order chi connectivity index (χ1) is 28.6. The van der Waals surface area contributed by atoms with Crippen molar-refractivity contribution in [2.24, 2.45) is 22.9 Å². The van der Waals surface area contributed by atoms with Crippen LogP contribution in [-0.4, -0.2) is 91.0 Å². The zero-order valence-corrected chi connectivity index (χ0v) is 33.5. The molecule has 6 atom stereocenters. The lowest BCUT2D eigenvalue weighted by Crippen LogP contribution is -2.69. The molecule has 2 N–H and O–H groups in total. The second kappa shape index (κ2) is 19.3. The standard InChI is InChI=1S/C44H51N3O12/c1-5-22-56-44-40(46(2)43(51)58-31-14-12-30(13-15-31)47(52)53)26-37(45-55-4)35-24-28(10-6-8-20-48)34(11-7-9-21-49)41(42(35)44)36-25-33(17-19-39(36)59-44)57-32-16-18-38(54-3)29(23-32)27-50/h5,12-19,23-25,27-28,34,40-42,48-49H,1,6-11,20-22,26H2,2-4H3/t28-,34+,40-,41+,42+,44+/m0/s1. The number of hydrogen-bond acceptors (Lipinski definition) is 13. The molecule has 15 nitrogen and oxygen atoms in total. The molecule has 1 saturated carbocycles. The van der Waals surface area contributed by atoms with Crippen LogP contribution in [0.5, 0.6) is 28.7 Å². The van der Waals surface area contributed by atoms with Crippen LogP contribution >= 0.6 is 0 Å². The Morgan fingerprint density at radius 2 is 1.71 bits per heavy atom. The van der Waals surface area contributed by atoms with E-state index >= 15 is 0 Å². The molecule has 3 aromatic rings. The van der Waals surface area contributed by atoms with Crippen LogP contribution in [0.4, 0.5) is 10.5 Å². The van der Waals surface area contributed by atoms with Crippen LogP contribution in [0.3, 0.4) is 0 Å². The van der Waals surface area contributed by atoms with Crippen molar-refractivity contribution in [3.05, 3.63) is 106 Å². The molecule has 0 saturated heterocycles. The van der Waals surface area contributed by atoms with Crippen molar-refractivity contribution in [2.75, 3.05) is 41.1 Å². The molecule has 6 rings (SSSR count). The number of nitro benzene ring substituents is 1. The number of rotatable bonds is 19. The number of carbonyl (C=O) groups excluding carboxylic acids is 2. The highest BCUT2D eigenvalue weighted by Crippen LogP contribution is 2.62. The first kappa shape index (κ1) is 42.8. The van der Waals surface area contributed by atoms with E-state index in [0.717, 1.165) is 36.8 Å². The number of amides is 1. The van der Waals surface area contributed by atoms with E-state index in [1.807, 2.05) is 12.1 Å². The molecule has 0 bridgehead atoms. The van der Waals surface area contributed by atoms with Crippen molar-refractivity contribution in [1.82, 2.24) is 4.90 Å². The average molecular weight is 814 g/mol. The minimum absolute atomic E-state index is 0.0179. The van der Waals surface area contributed by atoms with Gasteiger partial charge in [0.1, 0.15) is 41.9 Å². The fraction of sp³-hybridized carbons (Fsp3) is 0.432. The highest BCUT2D eigenvalue weighted by atomic mass is 16.7. The molecule has 0 radical (unpaired) electrons. The van der Waals surface area contributed by atoms with Crippen LogP contribution in [0.25, 0.3) is 0 Å². The minimum atomic E-state index is -1.52. The normalized spacial score (nSPS) is 23.4. The maximum Gasteiger partial charge on any atom is 0.415 e. The first-order valence-electron chi connectivity index (χ1n) is 19.7. The maximum absolute atomic E-state index is 14.1. The second-order valence-corrected chi connectivity index (χ2v) is 14.8. The number of aliphatic hydroxyl groups excluding tert-OH is 2. The lowest BCUT2D eigenvalue weighted by molar-refractivity contribution is -0.384. The molecular weight excluding hydrogens is 762 g/mol. The molecule has 1 aliphatic heterocycles. The SMILES string of the molecule is C=CCO[C@@]12Oc3ccc(Oc4ccc(OC)c(C=O)c4)cc3[C@H]3[C@H](CCCCO)[C@@H](CCCCO)C=C(C(=NOC)C[C@@H]1N(C)C(=O)Oc1ccc([N+](=O)[O-])cc1)[C@H]32. The van der Waals surface area contributed by atoms with E-state index in [1.165, 1.54) is 43.4 Å². The van der Waals surface area contributed by atoms with E-state index in [1.54, 1.807) is 37.4 Å². The van der Waals surface area contributed by atoms with Gasteiger partial charge in [0.25, 0.3) is 5.69 Å². The summed E-state index contributed by atoms with van der Waals surface area (Å²) in [5.41, 5.74) is 2.48. The summed E-state index contributed by atoms with van der Waals surface area (Å²) in [5, 5.41) is 35.5. The Balaban J connectivity index is 1.51. The van der Waals surface area contributed by atoms with Gasteiger partial charge in [-0.15, -0.1) is 6.58 Å². The first-order valence-corrected chi connectivity index (χ1v) is 19.7. The molecule has 59 heavy (non-hydrogen) atoms. The predicted molar refractivity (Wildman–Crippen MR) is 217 cm³/mol. The summed E-state index contributed by atoms with van der Waals surface area (Å²) in [6.07, 6.45) is 8.20. The number of nitrogens with zero attached hydrogens (tertiary/aromatic N) is 3. The summed E-state index contributed by atoms with van der Waals surface area (Å²) < 4.78 is 31.4. The summed E-state index contributed by atoms with van der Waals surface area (Å²) in [7, 11) is 4.54. The Morgan fingerprint density at radius 1 is 1.02 bits per heavy atom. The Hall–Kier alpha value is -5.77. The summed E-state index contributed by atoms with van der Waals surface area (Å²) in [6, 6.07) is 14.9. The van der Waals surface area contributed by atoms with Crippen LogP contribution in [0.2, 0.25) is 0 Å². The lowest BCUT2D eigenvalue weighted by Gasteiger charge is -2.59. The monoisotopic (exact) mass is 813 g/mol. The van der Waals surface area contributed by atoms with Gasteiger partial charge >= 0.3 is 6.09 Å². The number of ether oxygens (including phenoxy) is 5. The number of benzene rings is 3. The number of non-ortho nitro benzene ring substituents is 1. The number of oxime groups is 1. The van der Waals surface area contributed by atoms with Gasteiger partial charge in [-0.05, 0) is 91.6 Å². The highest BCUT2D eigenvalue weighted by molar-refractivity contribution is 6.03. The molecule has 1 fully saturated rings. The predicted octanol–water partition coefficient (Wildman–Crippen LogP) is 7.60. The van der Waals surface area contributed by atoms with Crippen LogP contribution in [0, 0.1) is 27.9 Å². The Kier molecular flexibility index (Phi) is 14.0. The average Bonchev–Trinajstić information content (AvgIpc) is 3.24. The number of hydrogen-bond donors (Lipinski definition) is 2. The molecule has 15 heteroatoms. The molecule has 1 heterocycles. The molecule has 3 aromatic carbocycles. The Labute approximate surface area is 342 Å². The molecule has 2 aliphatic carbocycles. The molecular formula is C44H51N3O12. The summed E-state index contributed by atoms with van der Waals surface area (Å²) in [5.74, 6) is -0.427. The molecule has 0 aromatic heterocycles. The number of unbranched alkanes of at least 4 members (excludes halogenated alkanes) is 2. The van der Waals surface area contributed by atoms with Crippen molar-refractivity contribution >= 4 is 23.8 Å². The van der Waals surface area contributed by atoms with Crippen LogP contribution in [0.1, 0.15) is 66.8 Å².